The third-order valence-electron chi connectivity index (χ3n) is 3.05. The smallest absolute Gasteiger partial charge is 0.410 e. The number of rotatable bonds is 5. The van der Waals surface area contributed by atoms with Crippen LogP contribution in [0.3, 0.4) is 0 Å². The molecule has 0 aliphatic rings. The second kappa shape index (κ2) is 7.80. The molecule has 0 saturated carbocycles. The average molecular weight is 337 g/mol. The predicted molar refractivity (Wildman–Crippen MR) is 93.3 cm³/mol. The van der Waals surface area contributed by atoms with E-state index < -0.39 is 23.3 Å². The van der Waals surface area contributed by atoms with E-state index in [4.69, 9.17) is 4.74 Å². The molecule has 1 amide bonds. The van der Waals surface area contributed by atoms with Crippen molar-refractivity contribution in [1.29, 1.82) is 5.26 Å². The Morgan fingerprint density at radius 3 is 2.48 bits per heavy atom. The van der Waals surface area contributed by atoms with E-state index in [9.17, 15) is 10.1 Å². The highest BCUT2D eigenvalue weighted by molar-refractivity contribution is 7.09. The largest absolute Gasteiger partial charge is 0.444 e. The summed E-state index contributed by atoms with van der Waals surface area (Å²) in [7, 11) is 0. The Labute approximate surface area is 143 Å². The molecule has 1 aromatic rings. The van der Waals surface area contributed by atoms with E-state index in [0.717, 1.165) is 4.88 Å². The second-order valence-corrected chi connectivity index (χ2v) is 8.44. The molecule has 6 heteroatoms. The van der Waals surface area contributed by atoms with Gasteiger partial charge in [0.25, 0.3) is 0 Å². The van der Waals surface area contributed by atoms with Gasteiger partial charge in [0.05, 0.1) is 12.6 Å². The van der Waals surface area contributed by atoms with Crippen LogP contribution in [-0.4, -0.2) is 34.7 Å². The van der Waals surface area contributed by atoms with Crippen LogP contribution in [0.15, 0.2) is 17.5 Å². The summed E-state index contributed by atoms with van der Waals surface area (Å²) >= 11 is 1.64. The zero-order chi connectivity index (χ0) is 17.7. The van der Waals surface area contributed by atoms with Crippen molar-refractivity contribution < 1.29 is 9.53 Å². The van der Waals surface area contributed by atoms with Crippen molar-refractivity contribution in [2.24, 2.45) is 0 Å². The molecule has 0 aliphatic heterocycles. The number of hydrogen-bond donors (Lipinski definition) is 1. The molecule has 0 aromatic carbocycles. The lowest BCUT2D eigenvalue weighted by atomic mass is 10.1. The topological polar surface area (TPSA) is 65.4 Å². The molecular weight excluding hydrogens is 310 g/mol. The van der Waals surface area contributed by atoms with Crippen molar-refractivity contribution in [3.05, 3.63) is 22.4 Å². The Kier molecular flexibility index (Phi) is 6.60. The summed E-state index contributed by atoms with van der Waals surface area (Å²) in [6, 6.07) is 5.77. The van der Waals surface area contributed by atoms with Crippen LogP contribution in [0.5, 0.6) is 0 Å². The monoisotopic (exact) mass is 337 g/mol. The van der Waals surface area contributed by atoms with Gasteiger partial charge in [-0.1, -0.05) is 6.07 Å². The van der Waals surface area contributed by atoms with Crippen molar-refractivity contribution in [1.82, 2.24) is 10.2 Å². The lowest BCUT2D eigenvalue weighted by Crippen LogP contribution is -2.52. The normalized spacial score (nSPS) is 13.3. The zero-order valence-corrected chi connectivity index (χ0v) is 15.7. The molecule has 1 atom stereocenters. The van der Waals surface area contributed by atoms with Gasteiger partial charge in [-0.15, -0.1) is 11.3 Å². The van der Waals surface area contributed by atoms with Gasteiger partial charge in [0.1, 0.15) is 11.6 Å². The summed E-state index contributed by atoms with van der Waals surface area (Å²) in [5, 5.41) is 14.6. The minimum atomic E-state index is -0.562. The quantitative estimate of drug-likeness (QED) is 0.888. The number of amides is 1. The van der Waals surface area contributed by atoms with E-state index in [-0.39, 0.29) is 6.54 Å². The van der Waals surface area contributed by atoms with Crippen molar-refractivity contribution in [2.75, 3.05) is 6.54 Å². The molecule has 1 unspecified atom stereocenters. The van der Waals surface area contributed by atoms with Crippen LogP contribution in [0.2, 0.25) is 0 Å². The third kappa shape index (κ3) is 7.02. The maximum absolute atomic E-state index is 12.5. The lowest BCUT2D eigenvalue weighted by molar-refractivity contribution is 0.00505. The minimum absolute atomic E-state index is 0.278. The highest BCUT2D eigenvalue weighted by Crippen LogP contribution is 2.19. The van der Waals surface area contributed by atoms with Crippen molar-refractivity contribution in [2.45, 2.75) is 65.3 Å². The molecule has 5 nitrogen and oxygen atoms in total. The Bertz CT molecular complexity index is 536. The van der Waals surface area contributed by atoms with Crippen molar-refractivity contribution in [3.63, 3.8) is 0 Å². The third-order valence-corrected chi connectivity index (χ3v) is 3.92. The summed E-state index contributed by atoms with van der Waals surface area (Å²) in [6.07, 6.45) is -0.400. The second-order valence-electron chi connectivity index (χ2n) is 7.40. The molecule has 0 aliphatic carbocycles. The van der Waals surface area contributed by atoms with E-state index in [0.29, 0.717) is 6.54 Å². The van der Waals surface area contributed by atoms with E-state index in [2.05, 4.69) is 11.4 Å². The lowest BCUT2D eigenvalue weighted by Gasteiger charge is -2.37. The molecule has 128 valence electrons. The number of nitrogens with zero attached hydrogens (tertiary/aromatic N) is 2. The van der Waals surface area contributed by atoms with E-state index >= 15 is 0 Å². The van der Waals surface area contributed by atoms with Crippen LogP contribution in [0.4, 0.5) is 4.79 Å². The minimum Gasteiger partial charge on any atom is -0.444 e. The van der Waals surface area contributed by atoms with Crippen LogP contribution in [-0.2, 0) is 11.3 Å². The zero-order valence-electron chi connectivity index (χ0n) is 14.8. The standard InChI is InChI=1S/C17H27N3O2S/c1-16(2,3)20(15(21)22-17(4,5)6)12-13(10-18)19-11-14-8-7-9-23-14/h7-9,13,19H,11-12H2,1-6H3. The molecule has 0 bridgehead atoms. The van der Waals surface area contributed by atoms with Crippen LogP contribution < -0.4 is 5.32 Å². The first-order valence-electron chi connectivity index (χ1n) is 7.69. The number of carbonyl (C=O) groups is 1. The van der Waals surface area contributed by atoms with Gasteiger partial charge in [-0.3, -0.25) is 5.32 Å². The molecule has 0 saturated heterocycles. The SMILES string of the molecule is CC(C)(C)OC(=O)N(CC(C#N)NCc1cccs1)C(C)(C)C. The summed E-state index contributed by atoms with van der Waals surface area (Å²) in [5.74, 6) is 0. The number of hydrogen-bond acceptors (Lipinski definition) is 5. The Hall–Kier alpha value is -1.58. The van der Waals surface area contributed by atoms with Crippen LogP contribution in [0.25, 0.3) is 0 Å². The van der Waals surface area contributed by atoms with Crippen molar-refractivity contribution >= 4 is 17.4 Å². The summed E-state index contributed by atoms with van der Waals surface area (Å²) in [5.41, 5.74) is -0.991. The number of thiophene rings is 1. The molecular formula is C17H27N3O2S. The number of carbonyl (C=O) groups excluding carboxylic acids is 1. The van der Waals surface area contributed by atoms with Gasteiger partial charge in [0.15, 0.2) is 0 Å². The fraction of sp³-hybridized carbons (Fsp3) is 0.647. The van der Waals surface area contributed by atoms with Gasteiger partial charge in [0, 0.05) is 17.0 Å². The van der Waals surface area contributed by atoms with Crippen molar-refractivity contribution in [3.8, 4) is 6.07 Å². The van der Waals surface area contributed by atoms with Gasteiger partial charge in [0.2, 0.25) is 0 Å². The summed E-state index contributed by atoms with van der Waals surface area (Å²) in [4.78, 5) is 15.2. The molecule has 0 fully saturated rings. The van der Waals surface area contributed by atoms with Gasteiger partial charge in [-0.2, -0.15) is 5.26 Å². The first kappa shape index (κ1) is 19.5. The Morgan fingerprint density at radius 1 is 1.39 bits per heavy atom. The van der Waals surface area contributed by atoms with Gasteiger partial charge >= 0.3 is 6.09 Å². The molecule has 1 heterocycles. The fourth-order valence-corrected chi connectivity index (χ4v) is 2.57. The van der Waals surface area contributed by atoms with Gasteiger partial charge in [-0.05, 0) is 53.0 Å². The first-order chi connectivity index (χ1) is 10.5. The van der Waals surface area contributed by atoms with E-state index in [1.165, 1.54) is 0 Å². The summed E-state index contributed by atoms with van der Waals surface area (Å²) < 4.78 is 5.47. The van der Waals surface area contributed by atoms with Crippen LogP contribution >= 0.6 is 11.3 Å². The molecule has 23 heavy (non-hydrogen) atoms. The molecule has 0 radical (unpaired) electrons. The molecule has 1 rings (SSSR count). The van der Waals surface area contributed by atoms with Crippen LogP contribution in [0.1, 0.15) is 46.4 Å². The Balaban J connectivity index is 2.74. The number of ether oxygens (including phenoxy) is 1. The highest BCUT2D eigenvalue weighted by atomic mass is 32.1. The van der Waals surface area contributed by atoms with Gasteiger partial charge in [-0.25, -0.2) is 4.79 Å². The number of nitrogens with one attached hydrogen (secondary N) is 1. The molecule has 1 aromatic heterocycles. The highest BCUT2D eigenvalue weighted by Gasteiger charge is 2.32. The first-order valence-corrected chi connectivity index (χ1v) is 8.57. The predicted octanol–water partition coefficient (Wildman–Crippen LogP) is 3.77. The maximum atomic E-state index is 12.5. The van der Waals surface area contributed by atoms with E-state index in [1.54, 1.807) is 16.2 Å². The fourth-order valence-electron chi connectivity index (χ4n) is 1.91. The summed E-state index contributed by atoms with van der Waals surface area (Å²) in [6.45, 7) is 12.2. The van der Waals surface area contributed by atoms with E-state index in [1.807, 2.05) is 59.1 Å². The molecule has 1 N–H and O–H groups in total. The number of nitriles is 1. The Morgan fingerprint density at radius 2 is 2.04 bits per heavy atom. The maximum Gasteiger partial charge on any atom is 0.410 e. The van der Waals surface area contributed by atoms with Crippen LogP contribution in [0, 0.1) is 11.3 Å². The molecule has 0 spiro atoms. The average Bonchev–Trinajstić information content (AvgIpc) is 2.88. The van der Waals surface area contributed by atoms with Gasteiger partial charge < -0.3 is 9.64 Å².